The first-order valence-corrected chi connectivity index (χ1v) is 5.94. The topological polar surface area (TPSA) is 69.6 Å². The van der Waals surface area contributed by atoms with Crippen molar-refractivity contribution in [3.8, 4) is 10.7 Å². The van der Waals surface area contributed by atoms with Crippen LogP contribution in [0.25, 0.3) is 10.7 Å². The lowest BCUT2D eigenvalue weighted by atomic mass is 10.3. The Hall–Kier alpha value is -2.02. The maximum absolute atomic E-state index is 5.23. The minimum absolute atomic E-state index is 0.112. The summed E-state index contributed by atoms with van der Waals surface area (Å²) in [5, 5.41) is 9.98. The molecular formula is C10H9N5OS. The summed E-state index contributed by atoms with van der Waals surface area (Å²) in [6, 6.07) is 3.80. The fourth-order valence-corrected chi connectivity index (χ4v) is 2.09. The van der Waals surface area contributed by atoms with Gasteiger partial charge in [0.2, 0.25) is 5.82 Å². The largest absolute Gasteiger partial charge is 0.337 e. The van der Waals surface area contributed by atoms with Crippen molar-refractivity contribution in [2.45, 2.75) is 13.0 Å². The standard InChI is InChI=1S/C10H9N5OS/c1-7(15-6-11-5-12-15)10-13-9(14-16-10)8-3-2-4-17-8/h2-7H,1H3. The van der Waals surface area contributed by atoms with Gasteiger partial charge in [-0.25, -0.2) is 9.67 Å². The molecule has 1 atom stereocenters. The number of hydrogen-bond donors (Lipinski definition) is 0. The van der Waals surface area contributed by atoms with Gasteiger partial charge in [0.05, 0.1) is 4.88 Å². The van der Waals surface area contributed by atoms with E-state index in [1.54, 1.807) is 22.3 Å². The summed E-state index contributed by atoms with van der Waals surface area (Å²) in [5.41, 5.74) is 0. The van der Waals surface area contributed by atoms with E-state index in [4.69, 9.17) is 4.52 Å². The normalized spacial score (nSPS) is 12.8. The molecular weight excluding hydrogens is 238 g/mol. The molecule has 0 fully saturated rings. The molecule has 0 spiro atoms. The van der Waals surface area contributed by atoms with E-state index >= 15 is 0 Å². The highest BCUT2D eigenvalue weighted by atomic mass is 32.1. The van der Waals surface area contributed by atoms with Gasteiger partial charge in [-0.05, 0) is 18.4 Å². The van der Waals surface area contributed by atoms with E-state index in [0.717, 1.165) is 4.88 Å². The summed E-state index contributed by atoms with van der Waals surface area (Å²) in [6.45, 7) is 1.93. The van der Waals surface area contributed by atoms with Crippen LogP contribution in [0, 0.1) is 0 Å². The second-order valence-corrected chi connectivity index (χ2v) is 4.43. The van der Waals surface area contributed by atoms with Crippen molar-refractivity contribution >= 4 is 11.3 Å². The van der Waals surface area contributed by atoms with Crippen LogP contribution >= 0.6 is 11.3 Å². The van der Waals surface area contributed by atoms with Crippen molar-refractivity contribution in [1.82, 2.24) is 24.9 Å². The Labute approximate surface area is 101 Å². The van der Waals surface area contributed by atoms with E-state index in [9.17, 15) is 0 Å². The molecule has 3 aromatic rings. The molecule has 0 saturated carbocycles. The number of thiophene rings is 1. The van der Waals surface area contributed by atoms with Crippen LogP contribution in [0.4, 0.5) is 0 Å². The Morgan fingerprint density at radius 3 is 3.12 bits per heavy atom. The quantitative estimate of drug-likeness (QED) is 0.708. The lowest BCUT2D eigenvalue weighted by Gasteiger charge is -2.04. The Morgan fingerprint density at radius 1 is 1.47 bits per heavy atom. The second kappa shape index (κ2) is 4.10. The predicted octanol–water partition coefficient (Wildman–Crippen LogP) is 2.00. The monoisotopic (exact) mass is 247 g/mol. The predicted molar refractivity (Wildman–Crippen MR) is 61.4 cm³/mol. The summed E-state index contributed by atoms with van der Waals surface area (Å²) in [4.78, 5) is 9.23. The molecule has 3 aromatic heterocycles. The first-order chi connectivity index (χ1) is 8.34. The average molecular weight is 247 g/mol. The van der Waals surface area contributed by atoms with Crippen LogP contribution in [0.5, 0.6) is 0 Å². The van der Waals surface area contributed by atoms with Crippen LogP contribution in [0.3, 0.4) is 0 Å². The number of rotatable bonds is 3. The summed E-state index contributed by atoms with van der Waals surface area (Å²) < 4.78 is 6.90. The third kappa shape index (κ3) is 1.84. The summed E-state index contributed by atoms with van der Waals surface area (Å²) >= 11 is 1.58. The first kappa shape index (κ1) is 10.2. The van der Waals surface area contributed by atoms with Gasteiger partial charge in [0.25, 0.3) is 5.89 Å². The van der Waals surface area contributed by atoms with E-state index < -0.39 is 0 Å². The van der Waals surface area contributed by atoms with E-state index in [-0.39, 0.29) is 6.04 Å². The zero-order valence-electron chi connectivity index (χ0n) is 9.02. The summed E-state index contributed by atoms with van der Waals surface area (Å²) in [5.74, 6) is 1.14. The van der Waals surface area contributed by atoms with E-state index in [1.165, 1.54) is 6.33 Å². The van der Waals surface area contributed by atoms with Crippen LogP contribution in [-0.4, -0.2) is 24.9 Å². The van der Waals surface area contributed by atoms with Gasteiger partial charge in [0.1, 0.15) is 18.7 Å². The molecule has 0 bridgehead atoms. The average Bonchev–Trinajstić information content (AvgIpc) is 3.09. The Balaban J connectivity index is 1.90. The molecule has 0 aliphatic rings. The minimum atomic E-state index is -0.112. The highest BCUT2D eigenvalue weighted by molar-refractivity contribution is 7.13. The van der Waals surface area contributed by atoms with Crippen LogP contribution in [-0.2, 0) is 0 Å². The molecule has 0 aliphatic carbocycles. The maximum Gasteiger partial charge on any atom is 0.251 e. The number of aromatic nitrogens is 5. The molecule has 7 heteroatoms. The van der Waals surface area contributed by atoms with Gasteiger partial charge in [-0.3, -0.25) is 0 Å². The fourth-order valence-electron chi connectivity index (χ4n) is 1.44. The molecule has 1 unspecified atom stereocenters. The van der Waals surface area contributed by atoms with Crippen molar-refractivity contribution in [3.63, 3.8) is 0 Å². The van der Waals surface area contributed by atoms with Crippen LogP contribution in [0.1, 0.15) is 18.9 Å². The van der Waals surface area contributed by atoms with Gasteiger partial charge in [0, 0.05) is 0 Å². The molecule has 0 saturated heterocycles. The molecule has 3 heterocycles. The second-order valence-electron chi connectivity index (χ2n) is 3.48. The molecule has 0 aromatic carbocycles. The van der Waals surface area contributed by atoms with Gasteiger partial charge in [0.15, 0.2) is 0 Å². The molecule has 6 nitrogen and oxygen atoms in total. The van der Waals surface area contributed by atoms with Crippen LogP contribution in [0.15, 0.2) is 34.7 Å². The summed E-state index contributed by atoms with van der Waals surface area (Å²) in [7, 11) is 0. The minimum Gasteiger partial charge on any atom is -0.337 e. The third-order valence-corrected chi connectivity index (χ3v) is 3.24. The molecule has 0 aliphatic heterocycles. The molecule has 0 amide bonds. The van der Waals surface area contributed by atoms with E-state index in [0.29, 0.717) is 11.7 Å². The van der Waals surface area contributed by atoms with Gasteiger partial charge in [-0.15, -0.1) is 11.3 Å². The lowest BCUT2D eigenvalue weighted by Crippen LogP contribution is -2.07. The lowest BCUT2D eigenvalue weighted by molar-refractivity contribution is 0.336. The van der Waals surface area contributed by atoms with Crippen molar-refractivity contribution in [3.05, 3.63) is 36.1 Å². The number of nitrogens with zero attached hydrogens (tertiary/aromatic N) is 5. The first-order valence-electron chi connectivity index (χ1n) is 5.06. The molecule has 3 rings (SSSR count). The van der Waals surface area contributed by atoms with Crippen molar-refractivity contribution in [1.29, 1.82) is 0 Å². The van der Waals surface area contributed by atoms with Crippen molar-refractivity contribution in [2.24, 2.45) is 0 Å². The van der Waals surface area contributed by atoms with Gasteiger partial charge >= 0.3 is 0 Å². The zero-order chi connectivity index (χ0) is 11.7. The van der Waals surface area contributed by atoms with Crippen LogP contribution in [0.2, 0.25) is 0 Å². The molecule has 0 radical (unpaired) electrons. The van der Waals surface area contributed by atoms with Crippen molar-refractivity contribution in [2.75, 3.05) is 0 Å². The zero-order valence-corrected chi connectivity index (χ0v) is 9.83. The highest BCUT2D eigenvalue weighted by Crippen LogP contribution is 2.23. The molecule has 86 valence electrons. The number of hydrogen-bond acceptors (Lipinski definition) is 6. The third-order valence-electron chi connectivity index (χ3n) is 2.37. The maximum atomic E-state index is 5.23. The Morgan fingerprint density at radius 2 is 2.41 bits per heavy atom. The SMILES string of the molecule is CC(c1nc(-c2cccs2)no1)n1cncn1. The van der Waals surface area contributed by atoms with Crippen molar-refractivity contribution < 1.29 is 4.52 Å². The Kier molecular flexibility index (Phi) is 2.45. The molecule has 17 heavy (non-hydrogen) atoms. The summed E-state index contributed by atoms with van der Waals surface area (Å²) in [6.07, 6.45) is 3.10. The van der Waals surface area contributed by atoms with Crippen LogP contribution < -0.4 is 0 Å². The van der Waals surface area contributed by atoms with E-state index in [1.807, 2.05) is 24.4 Å². The van der Waals surface area contributed by atoms with Gasteiger partial charge in [-0.1, -0.05) is 11.2 Å². The van der Waals surface area contributed by atoms with E-state index in [2.05, 4.69) is 20.2 Å². The molecule has 0 N–H and O–H groups in total. The van der Waals surface area contributed by atoms with Gasteiger partial charge < -0.3 is 4.52 Å². The fraction of sp³-hybridized carbons (Fsp3) is 0.200. The van der Waals surface area contributed by atoms with Gasteiger partial charge in [-0.2, -0.15) is 10.1 Å². The highest BCUT2D eigenvalue weighted by Gasteiger charge is 2.17. The smallest absolute Gasteiger partial charge is 0.251 e. The Bertz CT molecular complexity index is 586.